The fourth-order valence-electron chi connectivity index (χ4n) is 3.93. The fourth-order valence-corrected chi connectivity index (χ4v) is 4.13. The molecular formula is C23H25ClF3N5O3. The van der Waals surface area contributed by atoms with Gasteiger partial charge in [-0.15, -0.1) is 0 Å². The first-order valence-corrected chi connectivity index (χ1v) is 11.5. The number of nitrogens with zero attached hydrogens (tertiary/aromatic N) is 3. The maximum absolute atomic E-state index is 13.1. The molecule has 0 spiro atoms. The van der Waals surface area contributed by atoms with Gasteiger partial charge in [0.05, 0.1) is 16.9 Å². The molecule has 12 heteroatoms. The van der Waals surface area contributed by atoms with Crippen LogP contribution in [0.15, 0.2) is 24.4 Å². The highest BCUT2D eigenvalue weighted by molar-refractivity contribution is 6.33. The van der Waals surface area contributed by atoms with Gasteiger partial charge in [-0.25, -0.2) is 9.97 Å². The summed E-state index contributed by atoms with van der Waals surface area (Å²) in [6.45, 7) is 2.68. The molecule has 1 aromatic carbocycles. The summed E-state index contributed by atoms with van der Waals surface area (Å²) in [6.07, 6.45) is -1.47. The second-order valence-corrected chi connectivity index (χ2v) is 9.53. The average Bonchev–Trinajstić information content (AvgIpc) is 3.09. The van der Waals surface area contributed by atoms with Crippen molar-refractivity contribution in [1.29, 1.82) is 0 Å². The molecule has 2 aliphatic heterocycles. The Morgan fingerprint density at radius 1 is 1.26 bits per heavy atom. The van der Waals surface area contributed by atoms with Gasteiger partial charge in [-0.3, -0.25) is 9.59 Å². The third kappa shape index (κ3) is 5.51. The third-order valence-corrected chi connectivity index (χ3v) is 6.33. The van der Waals surface area contributed by atoms with Crippen molar-refractivity contribution >= 4 is 29.4 Å². The number of alkyl halides is 3. The monoisotopic (exact) mass is 511 g/mol. The number of carbonyl (C=O) groups is 2. The topological polar surface area (TPSA) is 96.5 Å². The molecule has 188 valence electrons. The Morgan fingerprint density at radius 3 is 2.66 bits per heavy atom. The summed E-state index contributed by atoms with van der Waals surface area (Å²) in [5.41, 5.74) is -0.377. The van der Waals surface area contributed by atoms with Gasteiger partial charge in [-0.2, -0.15) is 13.2 Å². The molecule has 1 saturated heterocycles. The number of ether oxygens (including phenoxy) is 1. The summed E-state index contributed by atoms with van der Waals surface area (Å²) in [7, 11) is 0. The second-order valence-electron chi connectivity index (χ2n) is 9.13. The Morgan fingerprint density at radius 2 is 1.97 bits per heavy atom. The van der Waals surface area contributed by atoms with Crippen molar-refractivity contribution in [2.75, 3.05) is 25.1 Å². The number of fused-ring (bicyclic) bond motifs is 1. The number of nitrogens with one attached hydrogen (secondary N) is 2. The van der Waals surface area contributed by atoms with Gasteiger partial charge < -0.3 is 20.3 Å². The first-order chi connectivity index (χ1) is 16.4. The maximum atomic E-state index is 13.1. The van der Waals surface area contributed by atoms with Crippen LogP contribution < -0.4 is 10.6 Å². The quantitative estimate of drug-likeness (QED) is 0.612. The van der Waals surface area contributed by atoms with E-state index in [0.29, 0.717) is 46.6 Å². The molecule has 0 unspecified atom stereocenters. The molecule has 1 aromatic heterocycles. The molecule has 2 aromatic rings. The van der Waals surface area contributed by atoms with E-state index >= 15 is 0 Å². The first kappa shape index (κ1) is 25.2. The van der Waals surface area contributed by atoms with Crippen LogP contribution in [0.5, 0.6) is 0 Å². The number of carbonyl (C=O) groups excluding carboxylic acids is 2. The van der Waals surface area contributed by atoms with Crippen LogP contribution in [0.25, 0.3) is 11.3 Å². The van der Waals surface area contributed by atoms with Gasteiger partial charge in [0.1, 0.15) is 12.1 Å². The van der Waals surface area contributed by atoms with Crippen LogP contribution in [0.2, 0.25) is 5.02 Å². The molecule has 0 bridgehead atoms. The lowest BCUT2D eigenvalue weighted by Crippen LogP contribution is -2.56. The number of hydrogen-bond donors (Lipinski definition) is 2. The van der Waals surface area contributed by atoms with E-state index in [1.807, 2.05) is 5.32 Å². The molecule has 0 aliphatic carbocycles. The number of aromatic nitrogens is 2. The van der Waals surface area contributed by atoms with Crippen LogP contribution in [0.1, 0.15) is 42.6 Å². The highest BCUT2D eigenvalue weighted by Crippen LogP contribution is 2.32. The summed E-state index contributed by atoms with van der Waals surface area (Å²) in [5.74, 6) is -0.933. The molecule has 0 radical (unpaired) electrons. The van der Waals surface area contributed by atoms with Crippen LogP contribution in [0.4, 0.5) is 19.1 Å². The number of anilines is 1. The molecule has 2 N–H and O–H groups in total. The number of benzene rings is 1. The lowest BCUT2D eigenvalue weighted by molar-refractivity contribution is -0.188. The molecular weight excluding hydrogens is 487 g/mol. The van der Waals surface area contributed by atoms with E-state index in [0.717, 1.165) is 26.7 Å². The molecule has 2 aliphatic rings. The third-order valence-electron chi connectivity index (χ3n) is 6.06. The Balaban J connectivity index is 1.49. The first-order valence-electron chi connectivity index (χ1n) is 11.1. The van der Waals surface area contributed by atoms with Gasteiger partial charge in [0.25, 0.3) is 5.91 Å². The molecule has 0 saturated carbocycles. The van der Waals surface area contributed by atoms with E-state index in [9.17, 15) is 22.8 Å². The zero-order valence-corrected chi connectivity index (χ0v) is 20.0. The van der Waals surface area contributed by atoms with Gasteiger partial charge in [-0.05, 0) is 38.3 Å². The number of hydrogen-bond acceptors (Lipinski definition) is 6. The highest BCUT2D eigenvalue weighted by Gasteiger charge is 2.48. The van der Waals surface area contributed by atoms with Crippen LogP contribution in [-0.4, -0.2) is 64.2 Å². The lowest BCUT2D eigenvalue weighted by atomic mass is 10.0. The van der Waals surface area contributed by atoms with Crippen molar-refractivity contribution in [1.82, 2.24) is 20.2 Å². The van der Waals surface area contributed by atoms with Crippen molar-refractivity contribution in [3.8, 4) is 11.3 Å². The predicted octanol–water partition coefficient (Wildman–Crippen LogP) is 3.80. The van der Waals surface area contributed by atoms with Crippen LogP contribution in [0, 0.1) is 0 Å². The highest BCUT2D eigenvalue weighted by atomic mass is 35.5. The summed E-state index contributed by atoms with van der Waals surface area (Å²) < 4.78 is 44.6. The number of rotatable bonds is 6. The Bertz CT molecular complexity index is 1140. The van der Waals surface area contributed by atoms with Gasteiger partial charge >= 0.3 is 6.18 Å². The van der Waals surface area contributed by atoms with Crippen LogP contribution in [-0.2, 0) is 16.1 Å². The zero-order chi connectivity index (χ0) is 25.4. The molecule has 3 heterocycles. The molecule has 2 amide bonds. The van der Waals surface area contributed by atoms with Crippen molar-refractivity contribution in [3.63, 3.8) is 0 Å². The normalized spacial score (nSPS) is 16.9. The van der Waals surface area contributed by atoms with E-state index in [1.165, 1.54) is 11.1 Å². The Labute approximate surface area is 205 Å². The van der Waals surface area contributed by atoms with E-state index < -0.39 is 30.1 Å². The smallest absolute Gasteiger partial charge is 0.381 e. The van der Waals surface area contributed by atoms with Gasteiger partial charge in [-0.1, -0.05) is 23.7 Å². The zero-order valence-electron chi connectivity index (χ0n) is 19.2. The van der Waals surface area contributed by atoms with E-state index in [2.05, 4.69) is 15.3 Å². The van der Waals surface area contributed by atoms with Crippen molar-refractivity contribution < 1.29 is 27.5 Å². The van der Waals surface area contributed by atoms with Gasteiger partial charge in [0.2, 0.25) is 11.9 Å². The molecule has 1 fully saturated rings. The predicted molar refractivity (Wildman–Crippen MR) is 123 cm³/mol. The van der Waals surface area contributed by atoms with Gasteiger partial charge in [0.15, 0.2) is 0 Å². The van der Waals surface area contributed by atoms with E-state index in [4.69, 9.17) is 16.3 Å². The van der Waals surface area contributed by atoms with Crippen molar-refractivity contribution in [3.05, 3.63) is 40.5 Å². The maximum Gasteiger partial charge on any atom is 0.410 e. The molecule has 35 heavy (non-hydrogen) atoms. The average molecular weight is 512 g/mol. The minimum atomic E-state index is -4.62. The standard InChI is InChI=1S/C23H25ClF3N5O3/c1-22(2,23(25,26)27)31-18(33)12-32-11-14-4-3-13(9-16(14)20(32)34)19-17(24)10-28-21(30-19)29-15-5-7-35-8-6-15/h3-4,9-10,15H,5-8,11-12H2,1-2H3,(H,31,33)(H,28,29,30). The summed E-state index contributed by atoms with van der Waals surface area (Å²) >= 11 is 6.34. The largest absolute Gasteiger partial charge is 0.410 e. The minimum absolute atomic E-state index is 0.113. The van der Waals surface area contributed by atoms with Gasteiger partial charge in [0, 0.05) is 36.9 Å². The second kappa shape index (κ2) is 9.62. The summed E-state index contributed by atoms with van der Waals surface area (Å²) in [5, 5.41) is 5.53. The van der Waals surface area contributed by atoms with E-state index in [1.54, 1.807) is 18.2 Å². The molecule has 4 rings (SSSR count). The lowest BCUT2D eigenvalue weighted by Gasteiger charge is -2.29. The van der Waals surface area contributed by atoms with Crippen LogP contribution >= 0.6 is 11.6 Å². The summed E-state index contributed by atoms with van der Waals surface area (Å²) in [6, 6.07) is 5.29. The van der Waals surface area contributed by atoms with Crippen LogP contribution in [0.3, 0.4) is 0 Å². The summed E-state index contributed by atoms with van der Waals surface area (Å²) in [4.78, 5) is 35.1. The SMILES string of the molecule is CC(C)(NC(=O)CN1Cc2ccc(-c3nc(NC4CCOCC4)ncc3Cl)cc2C1=O)C(F)(F)F. The van der Waals surface area contributed by atoms with E-state index in [-0.39, 0.29) is 12.6 Å². The number of halogens is 4. The molecule has 0 atom stereocenters. The van der Waals surface area contributed by atoms with Crippen molar-refractivity contribution in [2.24, 2.45) is 0 Å². The number of amides is 2. The van der Waals surface area contributed by atoms with Crippen molar-refractivity contribution in [2.45, 2.75) is 51.0 Å². The molecule has 8 nitrogen and oxygen atoms in total. The minimum Gasteiger partial charge on any atom is -0.381 e. The Kier molecular flexibility index (Phi) is 6.92. The fraction of sp³-hybridized carbons (Fsp3) is 0.478. The Hall–Kier alpha value is -2.92.